The molecule has 0 N–H and O–H groups in total. The van der Waals surface area contributed by atoms with Gasteiger partial charge in [0.2, 0.25) is 0 Å². The Morgan fingerprint density at radius 2 is 0.735 bits per heavy atom. The summed E-state index contributed by atoms with van der Waals surface area (Å²) >= 11 is 0. The summed E-state index contributed by atoms with van der Waals surface area (Å²) < 4.78 is 0. The fourth-order valence-electron chi connectivity index (χ4n) is 18.4. The van der Waals surface area contributed by atoms with Crippen LogP contribution in [-0.4, -0.2) is 81.0 Å². The van der Waals surface area contributed by atoms with Crippen LogP contribution in [0.15, 0.2) is 327 Å². The molecule has 0 spiro atoms. The maximum atomic E-state index is 3.46. The molecule has 2 unspecified atom stereocenters. The molecule has 0 fully saturated rings. The number of nitrogens with zero attached hydrogens (tertiary/aromatic N) is 12. The van der Waals surface area contributed by atoms with Gasteiger partial charge < -0.3 is 58.8 Å². The van der Waals surface area contributed by atoms with E-state index >= 15 is 0 Å². The van der Waals surface area contributed by atoms with Gasteiger partial charge in [0.15, 0.2) is 0 Å². The minimum Gasteiger partial charge on any atom is -0.511 e. The van der Waals surface area contributed by atoms with Crippen molar-refractivity contribution in [2.75, 3.05) is 68.7 Å². The maximum absolute atomic E-state index is 3.46. The summed E-state index contributed by atoms with van der Waals surface area (Å²) in [5.41, 5.74) is 28.8. The van der Waals surface area contributed by atoms with Crippen molar-refractivity contribution < 1.29 is 40.2 Å². The normalized spacial score (nSPS) is 18.1. The van der Waals surface area contributed by atoms with E-state index in [4.69, 9.17) is 0 Å². The smallest absolute Gasteiger partial charge is 0.0714 e. The van der Waals surface area contributed by atoms with Gasteiger partial charge in [0.05, 0.1) is 18.0 Å². The van der Waals surface area contributed by atoms with Crippen molar-refractivity contribution in [1.82, 2.24) is 29.4 Å². The van der Waals surface area contributed by atoms with Gasteiger partial charge in [-0.1, -0.05) is 152 Å². The maximum Gasteiger partial charge on any atom is 0.0714 e. The van der Waals surface area contributed by atoms with Crippen molar-refractivity contribution in [3.63, 3.8) is 0 Å². The fraction of sp³-hybridized carbons (Fsp3) is 0.165. The standard InChI is InChI=1S/C59H48N6.C44H42N6.2Ir/c1-6-18-46(19-7-1)56-39-61(51-24-12-4-13-25-51)42-60(56)32-30-44-34-45-31-33-64-58(48-22-10-3-11-23-48)41-65-55-29-17-16-28-53(55)50(37-54(59(64)65)49(35-44)36-45)38-63-43-62(52-26-14-5-15-27-52)40-57(63)47-20-8-2-9-21-47;1-32-26-47(39-12-6-4-7-13-39)30-45(32)20-18-35-22-36-19-21-49-34(3)28-50-43-17-11-10-16-41(43)38(25-42(44(49)50)37(23-35)24-36)29-46-31-48(27-33(46)2)40-14-8-5-9-15-40;;/h1-24,26,28-29,34-36,39-43,59H,30-33,37-38H2;4-12,14,16-17,22-24,26-28,30-31,44H,18-21,25,29H2,1-3H3;;/q2*-6;;. The molecule has 11 aromatic carbocycles. The van der Waals surface area contributed by atoms with E-state index in [9.17, 15) is 0 Å². The van der Waals surface area contributed by atoms with Gasteiger partial charge in [-0.15, -0.1) is 69.0 Å². The van der Waals surface area contributed by atoms with Crippen LogP contribution < -0.4 is 29.4 Å². The van der Waals surface area contributed by atoms with Crippen LogP contribution in [-0.2, 0) is 65.9 Å². The monoisotopic (exact) mass is 1880 g/mol. The molecule has 4 bridgehead atoms. The molecule has 10 aliphatic heterocycles. The Balaban J connectivity index is 0.000000164. The third-order valence-electron chi connectivity index (χ3n) is 24.0. The Morgan fingerprint density at radius 3 is 1.23 bits per heavy atom. The molecular formula is C103H90Ir2N12-12. The first-order chi connectivity index (χ1) is 56.7. The van der Waals surface area contributed by atoms with Crippen LogP contribution in [0, 0.1) is 74.6 Å². The predicted molar refractivity (Wildman–Crippen MR) is 465 cm³/mol. The van der Waals surface area contributed by atoms with Crippen LogP contribution >= 0.6 is 0 Å². The van der Waals surface area contributed by atoms with Gasteiger partial charge in [0.25, 0.3) is 0 Å². The van der Waals surface area contributed by atoms with Crippen LogP contribution in [0.4, 0.5) is 34.1 Å². The van der Waals surface area contributed by atoms with E-state index in [2.05, 4.69) is 392 Å². The molecule has 2 radical (unpaired) electrons. The topological polar surface area (TPSA) is 38.9 Å². The summed E-state index contributed by atoms with van der Waals surface area (Å²) in [5, 5.41) is 0. The molecule has 0 amide bonds. The zero-order chi connectivity index (χ0) is 76.9. The van der Waals surface area contributed by atoms with Crippen LogP contribution in [0.2, 0.25) is 0 Å². The van der Waals surface area contributed by atoms with Crippen molar-refractivity contribution in [3.05, 3.63) is 463 Å². The van der Waals surface area contributed by atoms with E-state index in [1.54, 1.807) is 0 Å². The Bertz CT molecular complexity index is 5530. The number of benzene rings is 11. The van der Waals surface area contributed by atoms with E-state index < -0.39 is 0 Å². The second-order valence-corrected chi connectivity index (χ2v) is 31.3. The number of para-hydroxylation sites is 6. The second-order valence-electron chi connectivity index (χ2n) is 31.3. The van der Waals surface area contributed by atoms with Crippen LogP contribution in [0.1, 0.15) is 94.8 Å². The summed E-state index contributed by atoms with van der Waals surface area (Å²) in [5.74, 6) is 5.75. The Kier molecular flexibility index (Phi) is 21.9. The number of anilines is 6. The summed E-state index contributed by atoms with van der Waals surface area (Å²) in [6.45, 7) is 20.9. The number of rotatable bonds is 17. The molecule has 11 aromatic rings. The molecule has 2 atom stereocenters. The van der Waals surface area contributed by atoms with Gasteiger partial charge in [0, 0.05) is 82.8 Å². The van der Waals surface area contributed by atoms with Gasteiger partial charge in [-0.2, -0.15) is 218 Å². The van der Waals surface area contributed by atoms with Gasteiger partial charge in [0.1, 0.15) is 0 Å². The quantitative estimate of drug-likeness (QED) is 0.0816. The minimum absolute atomic E-state index is 0. The zero-order valence-corrected chi connectivity index (χ0v) is 70.7. The van der Waals surface area contributed by atoms with E-state index in [0.717, 1.165) is 101 Å². The fourth-order valence-corrected chi connectivity index (χ4v) is 18.4. The predicted octanol–water partition coefficient (Wildman–Crippen LogP) is 19.9. The van der Waals surface area contributed by atoms with Gasteiger partial charge in [-0.25, -0.2) is 0 Å². The van der Waals surface area contributed by atoms with Crippen molar-refractivity contribution in [2.24, 2.45) is 0 Å². The third-order valence-corrected chi connectivity index (χ3v) is 24.0. The summed E-state index contributed by atoms with van der Waals surface area (Å²) in [6, 6.07) is 112. The Labute approximate surface area is 718 Å². The molecule has 0 saturated heterocycles. The zero-order valence-electron chi connectivity index (χ0n) is 65.9. The number of allylic oxidation sites excluding steroid dienone is 3. The minimum atomic E-state index is 0. The van der Waals surface area contributed by atoms with E-state index in [1.807, 2.05) is 48.5 Å². The van der Waals surface area contributed by atoms with Crippen LogP contribution in [0.3, 0.4) is 0 Å². The van der Waals surface area contributed by atoms with E-state index in [-0.39, 0.29) is 52.5 Å². The molecule has 10 heterocycles. The molecular weight excluding hydrogens is 1790 g/mol. The summed E-state index contributed by atoms with van der Waals surface area (Å²) in [4.78, 5) is 28.8. The van der Waals surface area contributed by atoms with Crippen molar-refractivity contribution in [2.45, 2.75) is 71.6 Å². The van der Waals surface area contributed by atoms with Gasteiger partial charge >= 0.3 is 0 Å². The molecule has 0 aliphatic carbocycles. The average molecular weight is 1880 g/mol. The first kappa shape index (κ1) is 76.5. The SMILES string of the molecule is CC1=CN(c2[c-]cccc2)[CH-]N1CCc1cc2cc(c1)[C-]1C[C-](CN3[CH-]N(c4[c-]cccc4)C=C3C)c3ccccc3N3C=C(C)N(CC2)C13.[Ir].[Ir].[c-]1ccccc1N1C=C(c2ccccc2)N(CCc2cc3cc(c2)[C-]2C[C-](CN4[CH-]N(c5[c-]cccc5)C=C4c4ccccc4)c4ccccc4N4C=C(c5ccccc5)N(CC3)C24)[CH-]1. The van der Waals surface area contributed by atoms with E-state index in [0.29, 0.717) is 0 Å². The Hall–Kier alpha value is -11.8. The van der Waals surface area contributed by atoms with Gasteiger partial charge in [-0.3, -0.25) is 0 Å². The van der Waals surface area contributed by atoms with Crippen molar-refractivity contribution in [3.8, 4) is 0 Å². The summed E-state index contributed by atoms with van der Waals surface area (Å²) in [7, 11) is 0. The van der Waals surface area contributed by atoms with E-state index in [1.165, 1.54) is 130 Å². The molecule has 12 nitrogen and oxygen atoms in total. The molecule has 10 aliphatic rings. The first-order valence-electron chi connectivity index (χ1n) is 40.5. The molecule has 21 rings (SSSR count). The molecule has 14 heteroatoms. The number of fused-ring (bicyclic) bond motifs is 10. The van der Waals surface area contributed by atoms with Crippen molar-refractivity contribution >= 4 is 51.2 Å². The molecule has 0 saturated carbocycles. The first-order valence-corrected chi connectivity index (χ1v) is 40.5. The molecule has 592 valence electrons. The number of hydrogen-bond donors (Lipinski definition) is 0. The number of hydrogen-bond acceptors (Lipinski definition) is 12. The van der Waals surface area contributed by atoms with Crippen LogP contribution in [0.5, 0.6) is 0 Å². The second kappa shape index (κ2) is 33.5. The average Bonchev–Trinajstić information content (AvgIpc) is 1.61. The van der Waals surface area contributed by atoms with Crippen LogP contribution in [0.25, 0.3) is 17.1 Å². The third kappa shape index (κ3) is 15.4. The Morgan fingerprint density at radius 1 is 0.350 bits per heavy atom. The largest absolute Gasteiger partial charge is 0.511 e. The molecule has 0 aromatic heterocycles. The van der Waals surface area contributed by atoms with Gasteiger partial charge in [-0.05, 0) is 126 Å². The summed E-state index contributed by atoms with van der Waals surface area (Å²) in [6.07, 6.45) is 19.6. The molecule has 117 heavy (non-hydrogen) atoms. The van der Waals surface area contributed by atoms with Crippen molar-refractivity contribution in [1.29, 1.82) is 0 Å².